The van der Waals surface area contributed by atoms with Gasteiger partial charge in [-0.05, 0) is 58.4 Å². The van der Waals surface area contributed by atoms with Gasteiger partial charge in [0.2, 0.25) is 6.79 Å². The number of rotatable bonds is 14. The van der Waals surface area contributed by atoms with Gasteiger partial charge in [-0.25, -0.2) is 9.18 Å². The van der Waals surface area contributed by atoms with Crippen LogP contribution in [0.4, 0.5) is 4.39 Å². The van der Waals surface area contributed by atoms with Gasteiger partial charge in [0, 0.05) is 24.5 Å². The van der Waals surface area contributed by atoms with E-state index >= 15 is 0 Å². The summed E-state index contributed by atoms with van der Waals surface area (Å²) < 4.78 is 40.7. The number of ether oxygens (including phenoxy) is 5. The van der Waals surface area contributed by atoms with Gasteiger partial charge in [0.1, 0.15) is 23.7 Å². The molecule has 1 aliphatic carbocycles. The Morgan fingerprint density at radius 2 is 1.85 bits per heavy atom. The molecule has 0 saturated heterocycles. The molecule has 0 aromatic heterocycles. The number of hydrogen-bond acceptors (Lipinski definition) is 9. The number of aliphatic imine (C=N–C) groups is 1. The van der Waals surface area contributed by atoms with Crippen LogP contribution in [0.25, 0.3) is 0 Å². The summed E-state index contributed by atoms with van der Waals surface area (Å²) in [5, 5.41) is 2.55. The summed E-state index contributed by atoms with van der Waals surface area (Å²) in [4.78, 5) is 41.1. The molecule has 1 saturated carbocycles. The van der Waals surface area contributed by atoms with E-state index in [0.717, 1.165) is 31.2 Å². The van der Waals surface area contributed by atoms with Gasteiger partial charge in [0.15, 0.2) is 17.2 Å². The van der Waals surface area contributed by atoms with Crippen molar-refractivity contribution in [1.29, 1.82) is 0 Å². The van der Waals surface area contributed by atoms with E-state index in [0.29, 0.717) is 5.75 Å². The standard InChI is InChI=1S/C29H39FN2O8/c1-8-23(36-6)27(39-16-38-19(4)33)26(31-5)28(34)32-17(2)29(35)40-18(3)25(20-11-9-10-12-20)22-14-13-21(30)15-24(22)37-7/h8,13-15,17-18,20,25H,5,9-12,16H2,1-4,6-7H3,(H,32,34)/b23-8+,27-26+/t17-,18-,25-/m0/s1. The summed E-state index contributed by atoms with van der Waals surface area (Å²) in [6, 6.07) is 3.29. The molecule has 0 aliphatic heterocycles. The topological polar surface area (TPSA) is 122 Å². The van der Waals surface area contributed by atoms with Crippen molar-refractivity contribution >= 4 is 24.6 Å². The summed E-state index contributed by atoms with van der Waals surface area (Å²) >= 11 is 0. The molecule has 1 amide bonds. The minimum Gasteiger partial charge on any atom is -0.496 e. The van der Waals surface area contributed by atoms with Crippen molar-refractivity contribution in [3.05, 3.63) is 52.9 Å². The van der Waals surface area contributed by atoms with Crippen molar-refractivity contribution in [1.82, 2.24) is 5.32 Å². The monoisotopic (exact) mass is 562 g/mol. The lowest BCUT2D eigenvalue weighted by Gasteiger charge is -2.31. The molecule has 0 unspecified atom stereocenters. The summed E-state index contributed by atoms with van der Waals surface area (Å²) in [5.41, 5.74) is 0.483. The Balaban J connectivity index is 2.24. The zero-order valence-electron chi connectivity index (χ0n) is 24.0. The normalized spacial score (nSPS) is 16.6. The van der Waals surface area contributed by atoms with E-state index in [1.54, 1.807) is 19.9 Å². The number of esters is 2. The molecule has 40 heavy (non-hydrogen) atoms. The third-order valence-electron chi connectivity index (χ3n) is 6.73. The molecule has 1 N–H and O–H groups in total. The molecule has 11 heteroatoms. The average Bonchev–Trinajstić information content (AvgIpc) is 3.44. The highest BCUT2D eigenvalue weighted by Crippen LogP contribution is 2.43. The van der Waals surface area contributed by atoms with E-state index in [1.165, 1.54) is 46.3 Å². The van der Waals surface area contributed by atoms with Crippen molar-refractivity contribution in [2.75, 3.05) is 21.0 Å². The minimum absolute atomic E-state index is 0.127. The molecule has 0 spiro atoms. The average molecular weight is 563 g/mol. The molecular weight excluding hydrogens is 523 g/mol. The van der Waals surface area contributed by atoms with E-state index in [2.05, 4.69) is 17.0 Å². The predicted molar refractivity (Wildman–Crippen MR) is 146 cm³/mol. The highest BCUT2D eigenvalue weighted by atomic mass is 19.1. The fourth-order valence-corrected chi connectivity index (χ4v) is 4.87. The Labute approximate surface area is 234 Å². The molecule has 2 rings (SSSR count). The third-order valence-corrected chi connectivity index (χ3v) is 6.73. The van der Waals surface area contributed by atoms with Gasteiger partial charge < -0.3 is 29.0 Å². The fraction of sp³-hybridized carbons (Fsp3) is 0.517. The van der Waals surface area contributed by atoms with Gasteiger partial charge in [-0.3, -0.25) is 14.6 Å². The zero-order valence-corrected chi connectivity index (χ0v) is 24.0. The summed E-state index contributed by atoms with van der Waals surface area (Å²) in [7, 11) is 2.84. The lowest BCUT2D eigenvalue weighted by atomic mass is 9.80. The molecule has 10 nitrogen and oxygen atoms in total. The second kappa shape index (κ2) is 15.6. The molecule has 1 aliphatic rings. The van der Waals surface area contributed by atoms with Crippen LogP contribution >= 0.6 is 0 Å². The van der Waals surface area contributed by atoms with Crippen molar-refractivity contribution in [3.8, 4) is 5.75 Å². The molecule has 1 aromatic rings. The molecule has 1 fully saturated rings. The van der Waals surface area contributed by atoms with Crippen LogP contribution in [-0.4, -0.2) is 57.7 Å². The van der Waals surface area contributed by atoms with Gasteiger partial charge in [-0.15, -0.1) is 0 Å². The van der Waals surface area contributed by atoms with E-state index in [9.17, 15) is 18.8 Å². The Morgan fingerprint density at radius 3 is 2.40 bits per heavy atom. The van der Waals surface area contributed by atoms with Crippen molar-refractivity contribution in [3.63, 3.8) is 0 Å². The maximum absolute atomic E-state index is 13.9. The van der Waals surface area contributed by atoms with E-state index in [4.69, 9.17) is 23.7 Å². The van der Waals surface area contributed by atoms with Crippen LogP contribution < -0.4 is 10.1 Å². The maximum Gasteiger partial charge on any atom is 0.328 e. The van der Waals surface area contributed by atoms with Crippen LogP contribution in [0.3, 0.4) is 0 Å². The SMILES string of the molecule is C=N/C(C(=O)N[C@@H](C)C(=O)O[C@@H](C)[C@H](c1ccc(F)cc1OC)C1CCCC1)=C(OCOC(C)=O)\C(=C/C)OC. The number of halogens is 1. The number of hydrogen-bond donors (Lipinski definition) is 1. The number of carbonyl (C=O) groups is 3. The smallest absolute Gasteiger partial charge is 0.328 e. The van der Waals surface area contributed by atoms with Crippen LogP contribution in [-0.2, 0) is 33.3 Å². The second-order valence-electron chi connectivity index (χ2n) is 9.38. The number of methoxy groups -OCH3 is 2. The zero-order chi connectivity index (χ0) is 29.8. The Morgan fingerprint density at radius 1 is 1.18 bits per heavy atom. The Hall–Kier alpha value is -3.89. The first kappa shape index (κ1) is 32.3. The summed E-state index contributed by atoms with van der Waals surface area (Å²) in [5.74, 6) is -2.06. The Kier molecular flexibility index (Phi) is 12.6. The summed E-state index contributed by atoms with van der Waals surface area (Å²) in [6.07, 6.45) is 4.93. The van der Waals surface area contributed by atoms with Crippen molar-refractivity contribution in [2.24, 2.45) is 10.9 Å². The number of benzene rings is 1. The largest absolute Gasteiger partial charge is 0.496 e. The quantitative estimate of drug-likeness (QED) is 0.0876. The van der Waals surface area contributed by atoms with Crippen LogP contribution in [0, 0.1) is 11.7 Å². The number of carbonyl (C=O) groups excluding carboxylic acids is 3. The number of amides is 1. The van der Waals surface area contributed by atoms with E-state index < -0.39 is 42.6 Å². The summed E-state index contributed by atoms with van der Waals surface area (Å²) in [6.45, 7) is 9.04. The van der Waals surface area contributed by atoms with Crippen LogP contribution in [0.15, 0.2) is 46.5 Å². The number of nitrogens with zero attached hydrogens (tertiary/aromatic N) is 1. The highest BCUT2D eigenvalue weighted by molar-refractivity contribution is 5.97. The van der Waals surface area contributed by atoms with Gasteiger partial charge in [-0.2, -0.15) is 0 Å². The van der Waals surface area contributed by atoms with E-state index in [-0.39, 0.29) is 29.1 Å². The van der Waals surface area contributed by atoms with Gasteiger partial charge in [-0.1, -0.05) is 18.9 Å². The van der Waals surface area contributed by atoms with Crippen molar-refractivity contribution in [2.45, 2.75) is 71.4 Å². The lowest BCUT2D eigenvalue weighted by Crippen LogP contribution is -2.42. The molecule has 3 atom stereocenters. The maximum atomic E-state index is 13.9. The van der Waals surface area contributed by atoms with Crippen LogP contribution in [0.2, 0.25) is 0 Å². The molecule has 0 bridgehead atoms. The minimum atomic E-state index is -1.07. The fourth-order valence-electron chi connectivity index (χ4n) is 4.87. The highest BCUT2D eigenvalue weighted by Gasteiger charge is 2.36. The predicted octanol–water partition coefficient (Wildman–Crippen LogP) is 4.54. The lowest BCUT2D eigenvalue weighted by molar-refractivity contribution is -0.153. The van der Waals surface area contributed by atoms with Gasteiger partial charge in [0.25, 0.3) is 5.91 Å². The number of nitrogens with one attached hydrogen (secondary N) is 1. The first-order valence-corrected chi connectivity index (χ1v) is 13.1. The third kappa shape index (κ3) is 8.56. The second-order valence-corrected chi connectivity index (χ2v) is 9.38. The molecular formula is C29H39FN2O8. The molecule has 1 aromatic carbocycles. The molecule has 0 radical (unpaired) electrons. The Bertz CT molecular complexity index is 1130. The van der Waals surface area contributed by atoms with Crippen LogP contribution in [0.1, 0.15) is 64.9 Å². The van der Waals surface area contributed by atoms with Gasteiger partial charge >= 0.3 is 11.9 Å². The molecule has 220 valence electrons. The first-order valence-electron chi connectivity index (χ1n) is 13.1. The van der Waals surface area contributed by atoms with Gasteiger partial charge in [0.05, 0.1) is 14.2 Å². The van der Waals surface area contributed by atoms with Crippen molar-refractivity contribution < 1.29 is 42.5 Å². The first-order chi connectivity index (χ1) is 19.1. The number of allylic oxidation sites excluding steroid dienone is 1. The van der Waals surface area contributed by atoms with Crippen LogP contribution in [0.5, 0.6) is 5.75 Å². The van der Waals surface area contributed by atoms with E-state index in [1.807, 2.05) is 0 Å². The molecule has 0 heterocycles.